The third kappa shape index (κ3) is 4.31. The number of carbonyl (C=O) groups excluding carboxylic acids is 1. The highest BCUT2D eigenvalue weighted by atomic mass is 35.5. The van der Waals surface area contributed by atoms with Gasteiger partial charge in [-0.25, -0.2) is 4.98 Å². The summed E-state index contributed by atoms with van der Waals surface area (Å²) in [5.74, 6) is 0.0675. The van der Waals surface area contributed by atoms with Gasteiger partial charge in [0.25, 0.3) is 5.91 Å². The predicted molar refractivity (Wildman–Crippen MR) is 96.3 cm³/mol. The molecule has 1 aliphatic heterocycles. The van der Waals surface area contributed by atoms with Crippen LogP contribution in [0.25, 0.3) is 0 Å². The van der Waals surface area contributed by atoms with E-state index >= 15 is 0 Å². The molecule has 1 aromatic carbocycles. The summed E-state index contributed by atoms with van der Waals surface area (Å²) in [5, 5.41) is 2.82. The lowest BCUT2D eigenvalue weighted by atomic mass is 10.0. The van der Waals surface area contributed by atoms with E-state index in [1.165, 1.54) is 16.9 Å². The number of nitrogens with zero attached hydrogens (tertiary/aromatic N) is 2. The lowest BCUT2D eigenvalue weighted by Crippen LogP contribution is -2.37. The first-order chi connectivity index (χ1) is 10.8. The average Bonchev–Trinajstić information content (AvgIpc) is 3.18. The van der Waals surface area contributed by atoms with Crippen LogP contribution in [0.1, 0.15) is 33.9 Å². The van der Waals surface area contributed by atoms with Crippen molar-refractivity contribution in [2.45, 2.75) is 31.7 Å². The minimum absolute atomic E-state index is 0. The summed E-state index contributed by atoms with van der Waals surface area (Å²) in [6.07, 6.45) is 3.81. The van der Waals surface area contributed by atoms with Crippen molar-refractivity contribution in [1.82, 2.24) is 9.88 Å². The van der Waals surface area contributed by atoms with E-state index < -0.39 is 0 Å². The van der Waals surface area contributed by atoms with E-state index in [-0.39, 0.29) is 24.4 Å². The standard InChI is InChI=1S/C17H21N3OS.ClH/c18-9-8-16-19-15(12-22-16)17(21)20-10-4-7-14(20)11-13-5-2-1-3-6-13;/h1-3,5-6,12,14H,4,7-11,18H2;1H. The fourth-order valence-corrected chi connectivity index (χ4v) is 3.78. The van der Waals surface area contributed by atoms with Gasteiger partial charge in [0.05, 0.1) is 5.01 Å². The second-order valence-electron chi connectivity index (χ2n) is 5.65. The van der Waals surface area contributed by atoms with Gasteiger partial charge in [0, 0.05) is 24.4 Å². The highest BCUT2D eigenvalue weighted by molar-refractivity contribution is 7.09. The van der Waals surface area contributed by atoms with Crippen LogP contribution in [0.15, 0.2) is 35.7 Å². The van der Waals surface area contributed by atoms with E-state index in [1.54, 1.807) is 0 Å². The molecular weight excluding hydrogens is 330 g/mol. The lowest BCUT2D eigenvalue weighted by molar-refractivity contribution is 0.0731. The SMILES string of the molecule is Cl.NCCc1nc(C(=O)N2CCCC2Cc2ccccc2)cs1. The topological polar surface area (TPSA) is 59.2 Å². The minimum atomic E-state index is 0. The maximum atomic E-state index is 12.7. The number of likely N-dealkylation sites (tertiary alicyclic amines) is 1. The zero-order valence-corrected chi connectivity index (χ0v) is 14.6. The van der Waals surface area contributed by atoms with Crippen LogP contribution in [-0.4, -0.2) is 34.9 Å². The second-order valence-corrected chi connectivity index (χ2v) is 6.59. The Morgan fingerprint density at radius 3 is 2.87 bits per heavy atom. The van der Waals surface area contributed by atoms with Gasteiger partial charge in [0.1, 0.15) is 5.69 Å². The van der Waals surface area contributed by atoms with Crippen molar-refractivity contribution in [1.29, 1.82) is 0 Å². The van der Waals surface area contributed by atoms with Gasteiger partial charge in [-0.3, -0.25) is 4.79 Å². The molecule has 0 bridgehead atoms. The smallest absolute Gasteiger partial charge is 0.273 e. The molecule has 4 nitrogen and oxygen atoms in total. The zero-order valence-electron chi connectivity index (χ0n) is 13.0. The van der Waals surface area contributed by atoms with Gasteiger partial charge in [-0.05, 0) is 31.4 Å². The fraction of sp³-hybridized carbons (Fsp3) is 0.412. The van der Waals surface area contributed by atoms with Gasteiger partial charge in [-0.1, -0.05) is 30.3 Å². The number of rotatable bonds is 5. The van der Waals surface area contributed by atoms with Gasteiger partial charge in [0.2, 0.25) is 0 Å². The van der Waals surface area contributed by atoms with Gasteiger partial charge in [-0.2, -0.15) is 0 Å². The molecule has 0 saturated carbocycles. The van der Waals surface area contributed by atoms with Crippen LogP contribution in [0.2, 0.25) is 0 Å². The Balaban J connectivity index is 0.00000192. The van der Waals surface area contributed by atoms with Crippen molar-refractivity contribution in [3.63, 3.8) is 0 Å². The number of hydrogen-bond donors (Lipinski definition) is 1. The predicted octanol–water partition coefficient (Wildman–Crippen LogP) is 2.91. The van der Waals surface area contributed by atoms with Crippen LogP contribution < -0.4 is 5.73 Å². The molecule has 23 heavy (non-hydrogen) atoms. The van der Waals surface area contributed by atoms with Crippen molar-refractivity contribution in [2.75, 3.05) is 13.1 Å². The molecule has 1 unspecified atom stereocenters. The Morgan fingerprint density at radius 1 is 1.35 bits per heavy atom. The van der Waals surface area contributed by atoms with Crippen molar-refractivity contribution in [2.24, 2.45) is 5.73 Å². The number of aromatic nitrogens is 1. The molecular formula is C17H22ClN3OS. The summed E-state index contributed by atoms with van der Waals surface area (Å²) < 4.78 is 0. The van der Waals surface area contributed by atoms with Crippen LogP contribution in [0.5, 0.6) is 0 Å². The maximum Gasteiger partial charge on any atom is 0.273 e. The third-order valence-corrected chi connectivity index (χ3v) is 4.99. The van der Waals surface area contributed by atoms with Crippen LogP contribution in [0.4, 0.5) is 0 Å². The van der Waals surface area contributed by atoms with E-state index in [9.17, 15) is 4.79 Å². The number of carbonyl (C=O) groups is 1. The first-order valence-corrected chi connectivity index (χ1v) is 8.65. The minimum Gasteiger partial charge on any atom is -0.334 e. The Morgan fingerprint density at radius 2 is 2.13 bits per heavy atom. The normalized spacial score (nSPS) is 17.1. The summed E-state index contributed by atoms with van der Waals surface area (Å²) in [6.45, 7) is 1.40. The molecule has 124 valence electrons. The quantitative estimate of drug-likeness (QED) is 0.901. The molecule has 1 saturated heterocycles. The summed E-state index contributed by atoms with van der Waals surface area (Å²) in [7, 11) is 0. The van der Waals surface area contributed by atoms with E-state index in [0.29, 0.717) is 12.2 Å². The number of thiazole rings is 1. The number of benzene rings is 1. The monoisotopic (exact) mass is 351 g/mol. The largest absolute Gasteiger partial charge is 0.334 e. The molecule has 2 aromatic rings. The molecule has 1 aliphatic rings. The summed E-state index contributed by atoms with van der Waals surface area (Å²) in [5.41, 5.74) is 7.41. The molecule has 1 aromatic heterocycles. The molecule has 1 amide bonds. The molecule has 2 N–H and O–H groups in total. The fourth-order valence-electron chi connectivity index (χ4n) is 3.00. The average molecular weight is 352 g/mol. The van der Waals surface area contributed by atoms with Crippen molar-refractivity contribution < 1.29 is 4.79 Å². The number of nitrogens with two attached hydrogens (primary N) is 1. The first kappa shape index (κ1) is 17.9. The Kier molecular flexibility index (Phi) is 6.57. The van der Waals surface area contributed by atoms with Crippen LogP contribution in [-0.2, 0) is 12.8 Å². The van der Waals surface area contributed by atoms with Gasteiger partial charge in [-0.15, -0.1) is 23.7 Å². The van der Waals surface area contributed by atoms with E-state index in [0.717, 1.165) is 37.2 Å². The summed E-state index contributed by atoms with van der Waals surface area (Å²) in [4.78, 5) is 19.1. The molecule has 0 radical (unpaired) electrons. The van der Waals surface area contributed by atoms with Crippen LogP contribution >= 0.6 is 23.7 Å². The van der Waals surface area contributed by atoms with Crippen LogP contribution in [0.3, 0.4) is 0 Å². The Hall–Kier alpha value is -1.43. The molecule has 1 fully saturated rings. The van der Waals surface area contributed by atoms with E-state index in [2.05, 4.69) is 29.2 Å². The second kappa shape index (κ2) is 8.43. The Labute approximate surface area is 147 Å². The van der Waals surface area contributed by atoms with Crippen molar-refractivity contribution in [3.05, 3.63) is 52.0 Å². The molecule has 1 atom stereocenters. The highest BCUT2D eigenvalue weighted by Gasteiger charge is 2.30. The summed E-state index contributed by atoms with van der Waals surface area (Å²) in [6, 6.07) is 10.7. The van der Waals surface area contributed by atoms with Crippen LogP contribution in [0, 0.1) is 0 Å². The molecule has 2 heterocycles. The highest BCUT2D eigenvalue weighted by Crippen LogP contribution is 2.24. The van der Waals surface area contributed by atoms with Crippen molar-refractivity contribution in [3.8, 4) is 0 Å². The lowest BCUT2D eigenvalue weighted by Gasteiger charge is -2.24. The van der Waals surface area contributed by atoms with Gasteiger partial charge >= 0.3 is 0 Å². The first-order valence-electron chi connectivity index (χ1n) is 7.77. The van der Waals surface area contributed by atoms with Gasteiger partial charge in [0.15, 0.2) is 0 Å². The molecule has 0 spiro atoms. The van der Waals surface area contributed by atoms with E-state index in [1.807, 2.05) is 16.3 Å². The summed E-state index contributed by atoms with van der Waals surface area (Å²) >= 11 is 1.53. The molecule has 6 heteroatoms. The van der Waals surface area contributed by atoms with Gasteiger partial charge < -0.3 is 10.6 Å². The number of hydrogen-bond acceptors (Lipinski definition) is 4. The number of halogens is 1. The molecule has 3 rings (SSSR count). The Bertz CT molecular complexity index is 632. The maximum absolute atomic E-state index is 12.7. The van der Waals surface area contributed by atoms with E-state index in [4.69, 9.17) is 5.73 Å². The number of amides is 1. The zero-order chi connectivity index (χ0) is 15.4. The third-order valence-electron chi connectivity index (χ3n) is 4.08. The molecule has 0 aliphatic carbocycles. The van der Waals surface area contributed by atoms with Crippen molar-refractivity contribution >= 4 is 29.7 Å².